The van der Waals surface area contributed by atoms with Crippen LogP contribution in [0.25, 0.3) is 0 Å². The first-order chi connectivity index (χ1) is 10.6. The summed E-state index contributed by atoms with van der Waals surface area (Å²) in [5.41, 5.74) is 1.96. The van der Waals surface area contributed by atoms with Gasteiger partial charge in [-0.1, -0.05) is 12.1 Å². The highest BCUT2D eigenvalue weighted by Crippen LogP contribution is 2.44. The average molecular weight is 302 g/mol. The third-order valence-electron chi connectivity index (χ3n) is 3.95. The van der Waals surface area contributed by atoms with Crippen molar-refractivity contribution in [2.45, 2.75) is 12.3 Å². The normalized spacial score (nSPS) is 16.5. The lowest BCUT2D eigenvalue weighted by Gasteiger charge is -2.27. The summed E-state index contributed by atoms with van der Waals surface area (Å²) in [7, 11) is 3.03. The first-order valence-corrected chi connectivity index (χ1v) is 7.02. The van der Waals surface area contributed by atoms with E-state index in [0.29, 0.717) is 23.9 Å². The van der Waals surface area contributed by atoms with Crippen molar-refractivity contribution in [1.29, 1.82) is 0 Å². The highest BCUT2D eigenvalue weighted by Gasteiger charge is 2.26. The predicted octanol–water partition coefficient (Wildman–Crippen LogP) is 2.83. The van der Waals surface area contributed by atoms with Crippen molar-refractivity contribution in [2.24, 2.45) is 0 Å². The van der Waals surface area contributed by atoms with E-state index in [0.717, 1.165) is 17.5 Å². The highest BCUT2D eigenvalue weighted by atomic mass is 16.5. The Morgan fingerprint density at radius 3 is 2.55 bits per heavy atom. The molecule has 0 amide bonds. The summed E-state index contributed by atoms with van der Waals surface area (Å²) in [4.78, 5) is 0. The van der Waals surface area contributed by atoms with Crippen LogP contribution in [0.15, 0.2) is 30.3 Å². The number of phenols is 2. The molecule has 1 atom stereocenters. The molecule has 0 aromatic heterocycles. The molecule has 0 radical (unpaired) electrons. The van der Waals surface area contributed by atoms with Crippen LogP contribution in [0.5, 0.6) is 28.7 Å². The van der Waals surface area contributed by atoms with E-state index in [2.05, 4.69) is 0 Å². The molecule has 1 aliphatic heterocycles. The lowest BCUT2D eigenvalue weighted by atomic mass is 9.90. The Hall–Kier alpha value is -2.56. The first kappa shape index (κ1) is 14.4. The van der Waals surface area contributed by atoms with Crippen molar-refractivity contribution in [2.75, 3.05) is 20.8 Å². The van der Waals surface area contributed by atoms with Gasteiger partial charge in [-0.2, -0.15) is 0 Å². The molecule has 0 spiro atoms. The van der Waals surface area contributed by atoms with Crippen molar-refractivity contribution < 1.29 is 24.4 Å². The van der Waals surface area contributed by atoms with Crippen LogP contribution in [0.3, 0.4) is 0 Å². The number of benzene rings is 2. The fourth-order valence-electron chi connectivity index (χ4n) is 2.79. The van der Waals surface area contributed by atoms with E-state index in [1.165, 1.54) is 14.2 Å². The summed E-state index contributed by atoms with van der Waals surface area (Å²) in [5.74, 6) is 1.73. The molecular weight excluding hydrogens is 284 g/mol. The van der Waals surface area contributed by atoms with Gasteiger partial charge in [0.1, 0.15) is 0 Å². The average Bonchev–Trinajstić information content (AvgIpc) is 2.54. The molecule has 116 valence electrons. The number of fused-ring (bicyclic) bond motifs is 1. The minimum Gasteiger partial charge on any atom is -0.504 e. The molecule has 5 nitrogen and oxygen atoms in total. The molecule has 0 saturated heterocycles. The van der Waals surface area contributed by atoms with Crippen LogP contribution < -0.4 is 14.2 Å². The van der Waals surface area contributed by atoms with Crippen molar-refractivity contribution in [3.8, 4) is 28.7 Å². The number of hydrogen-bond donors (Lipinski definition) is 2. The van der Waals surface area contributed by atoms with E-state index in [-0.39, 0.29) is 17.4 Å². The zero-order valence-corrected chi connectivity index (χ0v) is 12.5. The van der Waals surface area contributed by atoms with Gasteiger partial charge in [-0.15, -0.1) is 0 Å². The van der Waals surface area contributed by atoms with Crippen LogP contribution in [-0.4, -0.2) is 31.0 Å². The zero-order valence-electron chi connectivity index (χ0n) is 12.5. The summed E-state index contributed by atoms with van der Waals surface area (Å²) in [6, 6.07) is 8.82. The van der Waals surface area contributed by atoms with Crippen molar-refractivity contribution in [3.05, 3.63) is 41.5 Å². The zero-order chi connectivity index (χ0) is 15.7. The van der Waals surface area contributed by atoms with E-state index in [1.807, 2.05) is 12.1 Å². The molecule has 3 rings (SSSR count). The molecule has 0 bridgehead atoms. The molecule has 1 aliphatic rings. The number of methoxy groups -OCH3 is 2. The van der Waals surface area contributed by atoms with Crippen LogP contribution in [0.4, 0.5) is 0 Å². The summed E-state index contributed by atoms with van der Waals surface area (Å²) in [6.07, 6.45) is 0.748. The van der Waals surface area contributed by atoms with E-state index >= 15 is 0 Å². The maximum absolute atomic E-state index is 9.92. The minimum atomic E-state index is 0.0711. The number of ether oxygens (including phenoxy) is 3. The Morgan fingerprint density at radius 2 is 1.86 bits per heavy atom. The lowest BCUT2D eigenvalue weighted by molar-refractivity contribution is 0.243. The SMILES string of the molecule is COc1ccc(C2COc3c(ccc(O)c3OC)C2)cc1O. The molecule has 1 heterocycles. The van der Waals surface area contributed by atoms with Crippen molar-refractivity contribution in [1.82, 2.24) is 0 Å². The van der Waals surface area contributed by atoms with Crippen LogP contribution in [0.1, 0.15) is 17.0 Å². The first-order valence-electron chi connectivity index (χ1n) is 7.02. The number of rotatable bonds is 3. The number of hydrogen-bond acceptors (Lipinski definition) is 5. The third-order valence-corrected chi connectivity index (χ3v) is 3.95. The second-order valence-corrected chi connectivity index (χ2v) is 5.25. The fraction of sp³-hybridized carbons (Fsp3) is 0.294. The fourth-order valence-corrected chi connectivity index (χ4v) is 2.79. The van der Waals surface area contributed by atoms with Gasteiger partial charge in [-0.05, 0) is 35.7 Å². The van der Waals surface area contributed by atoms with Gasteiger partial charge in [0.05, 0.1) is 20.8 Å². The van der Waals surface area contributed by atoms with Gasteiger partial charge in [-0.3, -0.25) is 0 Å². The summed E-state index contributed by atoms with van der Waals surface area (Å²) in [6.45, 7) is 0.457. The summed E-state index contributed by atoms with van der Waals surface area (Å²) in [5, 5.41) is 19.7. The van der Waals surface area contributed by atoms with Gasteiger partial charge in [0.25, 0.3) is 0 Å². The van der Waals surface area contributed by atoms with E-state index in [9.17, 15) is 10.2 Å². The van der Waals surface area contributed by atoms with E-state index < -0.39 is 0 Å². The Morgan fingerprint density at radius 1 is 1.05 bits per heavy atom. The van der Waals surface area contributed by atoms with Gasteiger partial charge in [-0.25, -0.2) is 0 Å². The molecule has 0 saturated carbocycles. The molecule has 0 fully saturated rings. The smallest absolute Gasteiger partial charge is 0.203 e. The van der Waals surface area contributed by atoms with Gasteiger partial charge >= 0.3 is 0 Å². The van der Waals surface area contributed by atoms with Crippen LogP contribution >= 0.6 is 0 Å². The largest absolute Gasteiger partial charge is 0.504 e. The Kier molecular flexibility index (Phi) is 3.71. The Labute approximate surface area is 128 Å². The second kappa shape index (κ2) is 5.67. The van der Waals surface area contributed by atoms with Gasteiger partial charge in [0.2, 0.25) is 5.75 Å². The van der Waals surface area contributed by atoms with Crippen LogP contribution in [0, 0.1) is 0 Å². The standard InChI is InChI=1S/C17H18O5/c1-20-15-6-4-10(8-14(15)19)12-7-11-3-5-13(18)17(21-2)16(11)22-9-12/h3-6,8,12,18-19H,7,9H2,1-2H3. The van der Waals surface area contributed by atoms with Crippen molar-refractivity contribution >= 4 is 0 Å². The van der Waals surface area contributed by atoms with E-state index in [1.54, 1.807) is 18.2 Å². The maximum atomic E-state index is 9.92. The molecule has 22 heavy (non-hydrogen) atoms. The van der Waals surface area contributed by atoms with Crippen LogP contribution in [-0.2, 0) is 6.42 Å². The molecule has 1 unspecified atom stereocenters. The molecule has 2 aromatic rings. The molecule has 0 aliphatic carbocycles. The van der Waals surface area contributed by atoms with Crippen molar-refractivity contribution in [3.63, 3.8) is 0 Å². The molecule has 2 N–H and O–H groups in total. The van der Waals surface area contributed by atoms with Crippen LogP contribution in [0.2, 0.25) is 0 Å². The predicted molar refractivity (Wildman–Crippen MR) is 81.3 cm³/mol. The molecule has 5 heteroatoms. The summed E-state index contributed by atoms with van der Waals surface area (Å²) >= 11 is 0. The maximum Gasteiger partial charge on any atom is 0.203 e. The van der Waals surface area contributed by atoms with Gasteiger partial charge in [0, 0.05) is 5.92 Å². The second-order valence-electron chi connectivity index (χ2n) is 5.25. The Balaban J connectivity index is 1.90. The monoisotopic (exact) mass is 302 g/mol. The van der Waals surface area contributed by atoms with E-state index in [4.69, 9.17) is 14.2 Å². The quantitative estimate of drug-likeness (QED) is 0.912. The highest BCUT2D eigenvalue weighted by molar-refractivity contribution is 5.56. The molecule has 2 aromatic carbocycles. The number of phenolic OH excluding ortho intramolecular Hbond substituents is 2. The Bertz CT molecular complexity index is 696. The third kappa shape index (κ3) is 2.39. The summed E-state index contributed by atoms with van der Waals surface area (Å²) < 4.78 is 16.1. The lowest BCUT2D eigenvalue weighted by Crippen LogP contribution is -2.19. The minimum absolute atomic E-state index is 0.0711. The number of aromatic hydroxyl groups is 2. The molecular formula is C17H18O5. The van der Waals surface area contributed by atoms with Gasteiger partial charge in [0.15, 0.2) is 23.0 Å². The van der Waals surface area contributed by atoms with Gasteiger partial charge < -0.3 is 24.4 Å². The topological polar surface area (TPSA) is 68.2 Å².